The molecule has 0 spiro atoms. The summed E-state index contributed by atoms with van der Waals surface area (Å²) in [5.41, 5.74) is 2.09. The van der Waals surface area contributed by atoms with Crippen molar-refractivity contribution >= 4 is 17.1 Å². The molecule has 0 aromatic carbocycles. The summed E-state index contributed by atoms with van der Waals surface area (Å²) in [5, 5.41) is 15.7. The van der Waals surface area contributed by atoms with Gasteiger partial charge in [0.25, 0.3) is 0 Å². The quantitative estimate of drug-likeness (QED) is 0.831. The summed E-state index contributed by atoms with van der Waals surface area (Å²) in [6, 6.07) is 0. The lowest BCUT2D eigenvalue weighted by atomic mass is 10.2. The molecule has 2 aromatic rings. The van der Waals surface area contributed by atoms with Gasteiger partial charge in [-0.05, 0) is 6.42 Å². The van der Waals surface area contributed by atoms with E-state index in [1.165, 1.54) is 16.0 Å². The van der Waals surface area contributed by atoms with Gasteiger partial charge in [0.2, 0.25) is 5.78 Å². The van der Waals surface area contributed by atoms with Crippen molar-refractivity contribution in [3.63, 3.8) is 0 Å². The molecule has 0 aliphatic rings. The first kappa shape index (κ1) is 11.9. The summed E-state index contributed by atoms with van der Waals surface area (Å²) in [6.07, 6.45) is 2.47. The minimum Gasteiger partial charge on any atom is -0.388 e. The fourth-order valence-electron chi connectivity index (χ4n) is 1.59. The predicted octanol–water partition coefficient (Wildman–Crippen LogP) is 1.28. The van der Waals surface area contributed by atoms with Crippen molar-refractivity contribution in [3.8, 4) is 10.6 Å². The van der Waals surface area contributed by atoms with Crippen LogP contribution in [0, 0.1) is 0 Å². The Hall–Kier alpha value is -1.53. The number of hydrogen-bond donors (Lipinski definition) is 1. The monoisotopic (exact) mass is 251 g/mol. The molecule has 0 saturated carbocycles. The van der Waals surface area contributed by atoms with Crippen molar-refractivity contribution in [2.75, 3.05) is 6.61 Å². The zero-order valence-corrected chi connectivity index (χ0v) is 10.5. The minimum absolute atomic E-state index is 0.340. The molecule has 90 valence electrons. The highest BCUT2D eigenvalue weighted by Crippen LogP contribution is 2.27. The number of thiazole rings is 1. The van der Waals surface area contributed by atoms with Gasteiger partial charge in [-0.3, -0.25) is 9.48 Å². The summed E-state index contributed by atoms with van der Waals surface area (Å²) >= 11 is 1.48. The Morgan fingerprint density at radius 3 is 2.94 bits per heavy atom. The number of aliphatic hydroxyl groups excluding tert-OH is 1. The number of aliphatic hydroxyl groups is 1. The van der Waals surface area contributed by atoms with Crippen molar-refractivity contribution in [3.05, 3.63) is 23.0 Å². The first-order valence-electron chi connectivity index (χ1n) is 5.28. The Morgan fingerprint density at radius 2 is 2.35 bits per heavy atom. The fraction of sp³-hybridized carbons (Fsp3) is 0.364. The standard InChI is InChI=1S/C11H13N3O2S/c1-3-7-6-17-11(13-7)8-4-12-14(2)10(8)9(16)5-15/h4,6,15H,3,5H2,1-2H3. The molecule has 0 atom stereocenters. The van der Waals surface area contributed by atoms with E-state index >= 15 is 0 Å². The van der Waals surface area contributed by atoms with Gasteiger partial charge in [-0.1, -0.05) is 6.92 Å². The summed E-state index contributed by atoms with van der Waals surface area (Å²) in [4.78, 5) is 16.1. The molecule has 0 amide bonds. The number of aryl methyl sites for hydroxylation is 2. The highest BCUT2D eigenvalue weighted by Gasteiger charge is 2.19. The summed E-state index contributed by atoms with van der Waals surface area (Å²) in [7, 11) is 1.68. The van der Waals surface area contributed by atoms with Gasteiger partial charge < -0.3 is 5.11 Å². The van der Waals surface area contributed by atoms with Crippen LogP contribution in [0.1, 0.15) is 23.1 Å². The maximum atomic E-state index is 11.6. The maximum Gasteiger partial charge on any atom is 0.206 e. The predicted molar refractivity (Wildman–Crippen MR) is 65.1 cm³/mol. The van der Waals surface area contributed by atoms with E-state index in [2.05, 4.69) is 10.1 Å². The van der Waals surface area contributed by atoms with Gasteiger partial charge in [-0.15, -0.1) is 11.3 Å². The number of carbonyl (C=O) groups excluding carboxylic acids is 1. The lowest BCUT2D eigenvalue weighted by molar-refractivity contribution is 0.0895. The average molecular weight is 251 g/mol. The number of rotatable bonds is 4. The third-order valence-electron chi connectivity index (χ3n) is 2.49. The van der Waals surface area contributed by atoms with Crippen LogP contribution in [0.4, 0.5) is 0 Å². The van der Waals surface area contributed by atoms with Crippen LogP contribution >= 0.6 is 11.3 Å². The van der Waals surface area contributed by atoms with Crippen LogP contribution < -0.4 is 0 Å². The molecule has 6 heteroatoms. The van der Waals surface area contributed by atoms with Crippen LogP contribution in [0.3, 0.4) is 0 Å². The van der Waals surface area contributed by atoms with Crippen molar-refractivity contribution in [1.82, 2.24) is 14.8 Å². The molecular formula is C11H13N3O2S. The van der Waals surface area contributed by atoms with Gasteiger partial charge in [0, 0.05) is 12.4 Å². The largest absolute Gasteiger partial charge is 0.388 e. The molecular weight excluding hydrogens is 238 g/mol. The topological polar surface area (TPSA) is 68.0 Å². The van der Waals surface area contributed by atoms with Crippen LogP contribution in [-0.2, 0) is 13.5 Å². The van der Waals surface area contributed by atoms with E-state index in [-0.39, 0.29) is 5.78 Å². The molecule has 0 aliphatic carbocycles. The van der Waals surface area contributed by atoms with E-state index in [9.17, 15) is 4.79 Å². The molecule has 2 aromatic heterocycles. The van der Waals surface area contributed by atoms with Crippen molar-refractivity contribution in [2.24, 2.45) is 7.05 Å². The Bertz CT molecular complexity index is 545. The van der Waals surface area contributed by atoms with Gasteiger partial charge in [-0.2, -0.15) is 5.10 Å². The lowest BCUT2D eigenvalue weighted by Crippen LogP contribution is -2.11. The zero-order chi connectivity index (χ0) is 12.4. The number of hydrogen-bond acceptors (Lipinski definition) is 5. The third-order valence-corrected chi connectivity index (χ3v) is 3.42. The van der Waals surface area contributed by atoms with Crippen molar-refractivity contribution in [2.45, 2.75) is 13.3 Å². The third kappa shape index (κ3) is 2.13. The Morgan fingerprint density at radius 1 is 1.59 bits per heavy atom. The Balaban J connectivity index is 2.48. The van der Waals surface area contributed by atoms with Crippen LogP contribution in [0.25, 0.3) is 10.6 Å². The molecule has 0 radical (unpaired) electrons. The number of carbonyl (C=O) groups is 1. The number of nitrogens with zero attached hydrogens (tertiary/aromatic N) is 3. The van der Waals surface area contributed by atoms with Crippen LogP contribution in [0.2, 0.25) is 0 Å². The minimum atomic E-state index is -0.515. The fourth-order valence-corrected chi connectivity index (χ4v) is 2.51. The van der Waals surface area contributed by atoms with Crippen molar-refractivity contribution < 1.29 is 9.90 Å². The summed E-state index contributed by atoms with van der Waals surface area (Å²) in [5.74, 6) is -0.340. The van der Waals surface area contributed by atoms with Gasteiger partial charge >= 0.3 is 0 Å². The Labute approximate surface area is 103 Å². The molecule has 17 heavy (non-hydrogen) atoms. The van der Waals surface area contributed by atoms with Crippen LogP contribution in [-0.4, -0.2) is 32.3 Å². The molecule has 1 N–H and O–H groups in total. The second-order valence-electron chi connectivity index (χ2n) is 3.61. The zero-order valence-electron chi connectivity index (χ0n) is 9.67. The first-order chi connectivity index (χ1) is 8.17. The molecule has 0 aliphatic heterocycles. The second-order valence-corrected chi connectivity index (χ2v) is 4.47. The molecule has 0 bridgehead atoms. The summed E-state index contributed by atoms with van der Waals surface area (Å²) < 4.78 is 1.47. The smallest absolute Gasteiger partial charge is 0.206 e. The highest BCUT2D eigenvalue weighted by molar-refractivity contribution is 7.13. The van der Waals surface area contributed by atoms with E-state index in [0.29, 0.717) is 11.3 Å². The number of aromatic nitrogens is 3. The maximum absolute atomic E-state index is 11.6. The van der Waals surface area contributed by atoms with Gasteiger partial charge in [-0.25, -0.2) is 4.98 Å². The van der Waals surface area contributed by atoms with E-state index < -0.39 is 6.61 Å². The molecule has 2 heterocycles. The van der Waals surface area contributed by atoms with Gasteiger partial charge in [0.05, 0.1) is 17.5 Å². The molecule has 0 unspecified atom stereocenters. The molecule has 0 fully saturated rings. The Kier molecular flexibility index (Phi) is 3.35. The first-order valence-corrected chi connectivity index (χ1v) is 6.16. The van der Waals surface area contributed by atoms with E-state index in [1.54, 1.807) is 13.2 Å². The highest BCUT2D eigenvalue weighted by atomic mass is 32.1. The second kappa shape index (κ2) is 4.77. The normalized spacial score (nSPS) is 10.8. The SMILES string of the molecule is CCc1csc(-c2cnn(C)c2C(=O)CO)n1. The van der Waals surface area contributed by atoms with Crippen LogP contribution in [0.5, 0.6) is 0 Å². The van der Waals surface area contributed by atoms with E-state index in [0.717, 1.165) is 17.1 Å². The summed E-state index contributed by atoms with van der Waals surface area (Å²) in [6.45, 7) is 1.51. The molecule has 0 saturated heterocycles. The number of Topliss-reactive ketones (excluding diaryl/α,β-unsaturated/α-hetero) is 1. The van der Waals surface area contributed by atoms with Gasteiger partial charge in [0.1, 0.15) is 17.3 Å². The van der Waals surface area contributed by atoms with E-state index in [4.69, 9.17) is 5.11 Å². The number of ketones is 1. The van der Waals surface area contributed by atoms with E-state index in [1.807, 2.05) is 12.3 Å². The molecule has 5 nitrogen and oxygen atoms in total. The van der Waals surface area contributed by atoms with Crippen LogP contribution in [0.15, 0.2) is 11.6 Å². The lowest BCUT2D eigenvalue weighted by Gasteiger charge is -2.00. The van der Waals surface area contributed by atoms with Gasteiger partial charge in [0.15, 0.2) is 0 Å². The average Bonchev–Trinajstić information content (AvgIpc) is 2.94. The van der Waals surface area contributed by atoms with Crippen molar-refractivity contribution in [1.29, 1.82) is 0 Å². The molecule has 2 rings (SSSR count).